The molecule has 0 unspecified atom stereocenters. The van der Waals surface area contributed by atoms with E-state index in [1.807, 2.05) is 0 Å². The summed E-state index contributed by atoms with van der Waals surface area (Å²) in [6.45, 7) is 4.55. The maximum atomic E-state index is 11.7. The van der Waals surface area contributed by atoms with E-state index in [0.717, 1.165) is 44.8 Å². The molecule has 22 heavy (non-hydrogen) atoms. The highest BCUT2D eigenvalue weighted by molar-refractivity contribution is 5.79. The number of aliphatic carboxylic acids is 1. The van der Waals surface area contributed by atoms with E-state index in [1.54, 1.807) is 4.90 Å². The third-order valence-electron chi connectivity index (χ3n) is 5.27. The second kappa shape index (κ2) is 8.51. The van der Waals surface area contributed by atoms with Crippen LogP contribution in [0.25, 0.3) is 0 Å². The Kier molecular flexibility index (Phi) is 6.68. The number of carboxylic acid groups (broad SMARTS) is 1. The van der Waals surface area contributed by atoms with Crippen LogP contribution in [-0.4, -0.2) is 59.0 Å². The summed E-state index contributed by atoms with van der Waals surface area (Å²) in [5.74, 6) is -0.121. The molecule has 1 saturated heterocycles. The summed E-state index contributed by atoms with van der Waals surface area (Å²) in [6, 6.07) is 0.0880. The van der Waals surface area contributed by atoms with E-state index in [1.165, 1.54) is 39.0 Å². The minimum absolute atomic E-state index is 0.0880. The van der Waals surface area contributed by atoms with Crippen molar-refractivity contribution in [1.29, 1.82) is 0 Å². The fraction of sp³-hybridized carbons (Fsp3) is 0.882. The van der Waals surface area contributed by atoms with Crippen LogP contribution in [0.3, 0.4) is 0 Å². The number of carboxylic acids is 1. The van der Waals surface area contributed by atoms with Gasteiger partial charge in [-0.05, 0) is 44.7 Å². The van der Waals surface area contributed by atoms with Gasteiger partial charge in [-0.15, -0.1) is 0 Å². The van der Waals surface area contributed by atoms with E-state index in [9.17, 15) is 9.59 Å². The lowest BCUT2D eigenvalue weighted by Gasteiger charge is -2.29. The molecule has 1 amide bonds. The van der Waals surface area contributed by atoms with E-state index in [-0.39, 0.29) is 18.5 Å². The fourth-order valence-corrected chi connectivity index (χ4v) is 3.98. The Morgan fingerprint density at radius 1 is 1.09 bits per heavy atom. The minimum atomic E-state index is -0.919. The molecule has 0 aromatic heterocycles. The average Bonchev–Trinajstić information content (AvgIpc) is 2.87. The lowest BCUT2D eigenvalue weighted by atomic mass is 10.0. The standard InChI is InChI=1S/C17H30N2O3/c1-14(20)19(13-17(21)22)16-7-4-10-18(12-9-16)11-8-15-5-2-3-6-15/h15-16H,2-13H2,1H3,(H,21,22)/t16-/m0/s1. The molecule has 5 heteroatoms. The van der Waals surface area contributed by atoms with Crippen molar-refractivity contribution in [1.82, 2.24) is 9.80 Å². The molecule has 1 atom stereocenters. The highest BCUT2D eigenvalue weighted by Gasteiger charge is 2.26. The van der Waals surface area contributed by atoms with Gasteiger partial charge in [0.05, 0.1) is 0 Å². The zero-order valence-electron chi connectivity index (χ0n) is 13.8. The normalized spacial score (nSPS) is 24.1. The van der Waals surface area contributed by atoms with Crippen molar-refractivity contribution in [3.8, 4) is 0 Å². The lowest BCUT2D eigenvalue weighted by molar-refractivity contribution is -0.145. The molecule has 1 heterocycles. The van der Waals surface area contributed by atoms with Gasteiger partial charge in [-0.1, -0.05) is 25.7 Å². The number of amides is 1. The molecule has 1 N–H and O–H groups in total. The Labute approximate surface area is 133 Å². The smallest absolute Gasteiger partial charge is 0.323 e. The Balaban J connectivity index is 1.79. The summed E-state index contributed by atoms with van der Waals surface area (Å²) in [4.78, 5) is 26.7. The third kappa shape index (κ3) is 5.27. The Hall–Kier alpha value is -1.10. The van der Waals surface area contributed by atoms with Gasteiger partial charge in [0, 0.05) is 19.5 Å². The molecule has 0 radical (unpaired) electrons. The van der Waals surface area contributed by atoms with Gasteiger partial charge in [-0.25, -0.2) is 0 Å². The minimum Gasteiger partial charge on any atom is -0.480 e. The number of carbonyl (C=O) groups is 2. The predicted molar refractivity (Wildman–Crippen MR) is 85.7 cm³/mol. The van der Waals surface area contributed by atoms with Gasteiger partial charge in [0.15, 0.2) is 0 Å². The first kappa shape index (κ1) is 17.3. The van der Waals surface area contributed by atoms with Gasteiger partial charge in [-0.2, -0.15) is 0 Å². The Morgan fingerprint density at radius 3 is 2.45 bits per heavy atom. The number of nitrogens with zero attached hydrogens (tertiary/aromatic N) is 2. The van der Waals surface area contributed by atoms with Crippen LogP contribution in [0.5, 0.6) is 0 Å². The van der Waals surface area contributed by atoms with Crippen molar-refractivity contribution in [3.63, 3.8) is 0 Å². The first-order chi connectivity index (χ1) is 10.6. The zero-order chi connectivity index (χ0) is 15.9. The van der Waals surface area contributed by atoms with Gasteiger partial charge in [0.25, 0.3) is 0 Å². The lowest BCUT2D eigenvalue weighted by Crippen LogP contribution is -2.42. The molecule has 2 aliphatic rings. The molecule has 1 aliphatic carbocycles. The molecule has 0 spiro atoms. The van der Waals surface area contributed by atoms with Crippen molar-refractivity contribution in [2.24, 2.45) is 5.92 Å². The summed E-state index contributed by atoms with van der Waals surface area (Å²) in [5.41, 5.74) is 0. The van der Waals surface area contributed by atoms with Crippen LogP contribution >= 0.6 is 0 Å². The van der Waals surface area contributed by atoms with Crippen LogP contribution in [0.15, 0.2) is 0 Å². The molecule has 0 aromatic carbocycles. The number of likely N-dealkylation sites (tertiary alicyclic amines) is 1. The summed E-state index contributed by atoms with van der Waals surface area (Å²) < 4.78 is 0. The van der Waals surface area contributed by atoms with Crippen molar-refractivity contribution in [2.75, 3.05) is 26.2 Å². The van der Waals surface area contributed by atoms with Crippen molar-refractivity contribution >= 4 is 11.9 Å². The first-order valence-corrected chi connectivity index (χ1v) is 8.77. The van der Waals surface area contributed by atoms with E-state index < -0.39 is 5.97 Å². The molecule has 0 bridgehead atoms. The molecule has 126 valence electrons. The number of hydrogen-bond acceptors (Lipinski definition) is 3. The van der Waals surface area contributed by atoms with Gasteiger partial charge in [0.1, 0.15) is 6.54 Å². The summed E-state index contributed by atoms with van der Waals surface area (Å²) >= 11 is 0. The van der Waals surface area contributed by atoms with Gasteiger partial charge in [-0.3, -0.25) is 9.59 Å². The maximum absolute atomic E-state index is 11.7. The molecule has 2 rings (SSSR count). The monoisotopic (exact) mass is 310 g/mol. The van der Waals surface area contributed by atoms with Crippen LogP contribution in [0.2, 0.25) is 0 Å². The van der Waals surface area contributed by atoms with Crippen molar-refractivity contribution < 1.29 is 14.7 Å². The van der Waals surface area contributed by atoms with E-state index in [2.05, 4.69) is 4.90 Å². The number of hydrogen-bond donors (Lipinski definition) is 1. The van der Waals surface area contributed by atoms with Crippen molar-refractivity contribution in [3.05, 3.63) is 0 Å². The van der Waals surface area contributed by atoms with E-state index in [4.69, 9.17) is 5.11 Å². The van der Waals surface area contributed by atoms with Gasteiger partial charge >= 0.3 is 5.97 Å². The second-order valence-corrected chi connectivity index (χ2v) is 6.91. The first-order valence-electron chi connectivity index (χ1n) is 8.77. The molecule has 1 aliphatic heterocycles. The average molecular weight is 310 g/mol. The maximum Gasteiger partial charge on any atom is 0.323 e. The SMILES string of the molecule is CC(=O)N(CC(=O)O)[C@H]1CCCN(CCC2CCCC2)CC1. The number of rotatable bonds is 6. The van der Waals surface area contributed by atoms with Crippen LogP contribution in [0, 0.1) is 5.92 Å². The molecule has 2 fully saturated rings. The fourth-order valence-electron chi connectivity index (χ4n) is 3.98. The van der Waals surface area contributed by atoms with E-state index >= 15 is 0 Å². The third-order valence-corrected chi connectivity index (χ3v) is 5.27. The largest absolute Gasteiger partial charge is 0.480 e. The van der Waals surface area contributed by atoms with Crippen LogP contribution < -0.4 is 0 Å². The van der Waals surface area contributed by atoms with Crippen LogP contribution in [0.1, 0.15) is 58.3 Å². The quantitative estimate of drug-likeness (QED) is 0.818. The topological polar surface area (TPSA) is 60.9 Å². The van der Waals surface area contributed by atoms with Crippen molar-refractivity contribution in [2.45, 2.75) is 64.3 Å². The predicted octanol–water partition coefficient (Wildman–Crippen LogP) is 2.35. The molecule has 5 nitrogen and oxygen atoms in total. The highest BCUT2D eigenvalue weighted by atomic mass is 16.4. The van der Waals surface area contributed by atoms with E-state index in [0.29, 0.717) is 0 Å². The van der Waals surface area contributed by atoms with Crippen LogP contribution in [-0.2, 0) is 9.59 Å². The Bertz CT molecular complexity index is 380. The molecule has 1 saturated carbocycles. The molecular weight excluding hydrogens is 280 g/mol. The summed E-state index contributed by atoms with van der Waals surface area (Å²) in [7, 11) is 0. The van der Waals surface area contributed by atoms with Gasteiger partial charge in [0.2, 0.25) is 5.91 Å². The second-order valence-electron chi connectivity index (χ2n) is 6.91. The Morgan fingerprint density at radius 2 is 1.82 bits per heavy atom. The molecule has 0 aromatic rings. The van der Waals surface area contributed by atoms with Crippen LogP contribution in [0.4, 0.5) is 0 Å². The zero-order valence-corrected chi connectivity index (χ0v) is 13.8. The van der Waals surface area contributed by atoms with Gasteiger partial charge < -0.3 is 14.9 Å². The summed E-state index contributed by atoms with van der Waals surface area (Å²) in [6.07, 6.45) is 9.77. The molecular formula is C17H30N2O3. The number of carbonyl (C=O) groups excluding carboxylic acids is 1. The summed E-state index contributed by atoms with van der Waals surface area (Å²) in [5, 5.41) is 8.99. The highest BCUT2D eigenvalue weighted by Crippen LogP contribution is 2.28.